The number of esters is 1. The van der Waals surface area contributed by atoms with Gasteiger partial charge in [-0.1, -0.05) is 0 Å². The fraction of sp³-hybridized carbons (Fsp3) is 0.692. The van der Waals surface area contributed by atoms with Gasteiger partial charge in [0, 0.05) is 6.42 Å². The van der Waals surface area contributed by atoms with E-state index in [1.54, 1.807) is 13.8 Å². The lowest BCUT2D eigenvalue weighted by Crippen LogP contribution is -2.49. The van der Waals surface area contributed by atoms with E-state index in [1.165, 1.54) is 0 Å². The summed E-state index contributed by atoms with van der Waals surface area (Å²) in [6.07, 6.45) is 0.543. The minimum absolute atomic E-state index is 0.0167. The van der Waals surface area contributed by atoms with E-state index in [0.717, 1.165) is 0 Å². The summed E-state index contributed by atoms with van der Waals surface area (Å²) in [5, 5.41) is 9.41. The maximum Gasteiger partial charge on any atom is 0.328 e. The standard InChI is InChI=1S/C13H20N2O5/c1-8(2)20-13(18)11(4-3-10(16)5-14)15-12(17)9-6-19-7-9/h5,8-9,11,14H,3-4,6-7H2,1-2H3,(H,15,17)/t11-/m0/s1. The van der Waals surface area contributed by atoms with Crippen LogP contribution in [0.5, 0.6) is 0 Å². The smallest absolute Gasteiger partial charge is 0.328 e. The van der Waals surface area contributed by atoms with Gasteiger partial charge in [0.05, 0.1) is 31.5 Å². The lowest BCUT2D eigenvalue weighted by atomic mass is 10.0. The van der Waals surface area contributed by atoms with E-state index in [1.807, 2.05) is 0 Å². The summed E-state index contributed by atoms with van der Waals surface area (Å²) >= 11 is 0. The number of carbonyl (C=O) groups excluding carboxylic acids is 3. The molecule has 7 nitrogen and oxygen atoms in total. The van der Waals surface area contributed by atoms with Crippen LogP contribution in [0.1, 0.15) is 26.7 Å². The van der Waals surface area contributed by atoms with Gasteiger partial charge in [0.25, 0.3) is 0 Å². The number of Topliss-reactive ketones (excluding diaryl/α,β-unsaturated/α-hetero) is 1. The highest BCUT2D eigenvalue weighted by molar-refractivity contribution is 6.26. The molecule has 1 fully saturated rings. The quantitative estimate of drug-likeness (QED) is 0.484. The number of nitrogens with one attached hydrogen (secondary N) is 2. The Morgan fingerprint density at radius 1 is 1.40 bits per heavy atom. The van der Waals surface area contributed by atoms with Gasteiger partial charge in [0.1, 0.15) is 6.04 Å². The fourth-order valence-electron chi connectivity index (χ4n) is 1.60. The second-order valence-corrected chi connectivity index (χ2v) is 4.93. The SMILES string of the molecule is CC(C)OC(=O)[C@H](CCC(=O)C=N)NC(=O)C1COC1. The molecule has 0 radical (unpaired) electrons. The van der Waals surface area contributed by atoms with Crippen LogP contribution in [0.2, 0.25) is 0 Å². The largest absolute Gasteiger partial charge is 0.461 e. The average Bonchev–Trinajstić information content (AvgIpc) is 2.30. The molecule has 0 spiro atoms. The van der Waals surface area contributed by atoms with Gasteiger partial charge in [0.2, 0.25) is 5.91 Å². The molecule has 7 heteroatoms. The van der Waals surface area contributed by atoms with Crippen LogP contribution in [-0.2, 0) is 23.9 Å². The van der Waals surface area contributed by atoms with Crippen molar-refractivity contribution in [2.24, 2.45) is 5.92 Å². The highest BCUT2D eigenvalue weighted by Crippen LogP contribution is 2.11. The van der Waals surface area contributed by atoms with E-state index >= 15 is 0 Å². The molecule has 0 bridgehead atoms. The third-order valence-electron chi connectivity index (χ3n) is 2.80. The van der Waals surface area contributed by atoms with E-state index in [2.05, 4.69) is 5.32 Å². The van der Waals surface area contributed by atoms with Crippen molar-refractivity contribution < 1.29 is 23.9 Å². The molecule has 1 amide bonds. The first-order chi connectivity index (χ1) is 9.43. The van der Waals surface area contributed by atoms with Crippen molar-refractivity contribution in [3.63, 3.8) is 0 Å². The fourth-order valence-corrected chi connectivity index (χ4v) is 1.60. The van der Waals surface area contributed by atoms with E-state index in [0.29, 0.717) is 19.4 Å². The highest BCUT2D eigenvalue weighted by Gasteiger charge is 2.31. The molecule has 20 heavy (non-hydrogen) atoms. The maximum atomic E-state index is 11.9. The lowest BCUT2D eigenvalue weighted by Gasteiger charge is -2.27. The number of ketones is 1. The normalized spacial score (nSPS) is 16.1. The molecule has 2 N–H and O–H groups in total. The third kappa shape index (κ3) is 5.08. The van der Waals surface area contributed by atoms with Crippen molar-refractivity contribution in [3.8, 4) is 0 Å². The zero-order valence-corrected chi connectivity index (χ0v) is 11.7. The topological polar surface area (TPSA) is 106 Å². The molecule has 0 aromatic carbocycles. The van der Waals surface area contributed by atoms with Gasteiger partial charge >= 0.3 is 5.97 Å². The van der Waals surface area contributed by atoms with Crippen molar-refractivity contribution in [1.29, 1.82) is 5.41 Å². The highest BCUT2D eigenvalue weighted by atomic mass is 16.5. The molecule has 0 unspecified atom stereocenters. The van der Waals surface area contributed by atoms with Gasteiger partial charge < -0.3 is 20.2 Å². The van der Waals surface area contributed by atoms with E-state index in [4.69, 9.17) is 14.9 Å². The summed E-state index contributed by atoms with van der Waals surface area (Å²) in [5.74, 6) is -1.48. The summed E-state index contributed by atoms with van der Waals surface area (Å²) in [6.45, 7) is 4.10. The Kier molecular flexibility index (Phi) is 6.30. The molecule has 1 aliphatic rings. The Hall–Kier alpha value is -1.76. The Balaban J connectivity index is 2.56. The van der Waals surface area contributed by atoms with Gasteiger partial charge in [0.15, 0.2) is 5.78 Å². The molecule has 1 aliphatic heterocycles. The molecule has 0 aliphatic carbocycles. The molecule has 1 heterocycles. The first-order valence-electron chi connectivity index (χ1n) is 6.56. The summed E-state index contributed by atoms with van der Waals surface area (Å²) in [5.41, 5.74) is 0. The van der Waals surface area contributed by atoms with Crippen LogP contribution in [0.4, 0.5) is 0 Å². The van der Waals surface area contributed by atoms with Crippen LogP contribution in [0.3, 0.4) is 0 Å². The van der Waals surface area contributed by atoms with Gasteiger partial charge in [-0.25, -0.2) is 4.79 Å². The van der Waals surface area contributed by atoms with Crippen LogP contribution in [0, 0.1) is 11.3 Å². The first-order valence-corrected chi connectivity index (χ1v) is 6.56. The molecule has 0 saturated carbocycles. The predicted octanol–water partition coefficient (Wildman–Crippen LogP) is 0.0681. The van der Waals surface area contributed by atoms with Crippen molar-refractivity contribution >= 4 is 23.9 Å². The van der Waals surface area contributed by atoms with Gasteiger partial charge in [-0.3, -0.25) is 9.59 Å². The van der Waals surface area contributed by atoms with Crippen molar-refractivity contribution in [3.05, 3.63) is 0 Å². The summed E-state index contributed by atoms with van der Waals surface area (Å²) in [7, 11) is 0. The van der Waals surface area contributed by atoms with Crippen molar-refractivity contribution in [1.82, 2.24) is 5.32 Å². The van der Waals surface area contributed by atoms with Crippen LogP contribution < -0.4 is 5.32 Å². The minimum Gasteiger partial charge on any atom is -0.461 e. The molecule has 112 valence electrons. The third-order valence-corrected chi connectivity index (χ3v) is 2.80. The molecule has 0 aromatic rings. The monoisotopic (exact) mass is 284 g/mol. The number of amides is 1. The average molecular weight is 284 g/mol. The predicted molar refractivity (Wildman–Crippen MR) is 70.5 cm³/mol. The lowest BCUT2D eigenvalue weighted by molar-refractivity contribution is -0.154. The second kappa shape index (κ2) is 7.74. The molecular weight excluding hydrogens is 264 g/mol. The van der Waals surface area contributed by atoms with Crippen molar-refractivity contribution in [2.75, 3.05) is 13.2 Å². The number of hydrogen-bond donors (Lipinski definition) is 2. The number of hydrogen-bond acceptors (Lipinski definition) is 6. The van der Waals surface area contributed by atoms with Gasteiger partial charge in [-0.15, -0.1) is 0 Å². The number of rotatable bonds is 8. The summed E-state index contributed by atoms with van der Waals surface area (Å²) in [6, 6.07) is -0.866. The maximum absolute atomic E-state index is 11.9. The first kappa shape index (κ1) is 16.3. The van der Waals surface area contributed by atoms with E-state index in [-0.39, 0.29) is 30.8 Å². The second-order valence-electron chi connectivity index (χ2n) is 4.93. The minimum atomic E-state index is -0.866. The Morgan fingerprint density at radius 2 is 2.05 bits per heavy atom. The van der Waals surface area contributed by atoms with E-state index in [9.17, 15) is 14.4 Å². The molecule has 1 atom stereocenters. The zero-order valence-electron chi connectivity index (χ0n) is 11.7. The Bertz CT molecular complexity index is 390. The zero-order chi connectivity index (χ0) is 15.1. The van der Waals surface area contributed by atoms with Gasteiger partial charge in [-0.2, -0.15) is 0 Å². The Morgan fingerprint density at radius 3 is 2.50 bits per heavy atom. The van der Waals surface area contributed by atoms with Crippen LogP contribution >= 0.6 is 0 Å². The molecule has 1 rings (SSSR count). The summed E-state index contributed by atoms with van der Waals surface area (Å²) in [4.78, 5) is 34.8. The number of carbonyl (C=O) groups is 3. The van der Waals surface area contributed by atoms with Crippen LogP contribution in [0.15, 0.2) is 0 Å². The van der Waals surface area contributed by atoms with E-state index < -0.39 is 17.8 Å². The van der Waals surface area contributed by atoms with Gasteiger partial charge in [-0.05, 0) is 20.3 Å². The summed E-state index contributed by atoms with van der Waals surface area (Å²) < 4.78 is 9.97. The Labute approximate surface area is 117 Å². The molecular formula is C13H20N2O5. The molecule has 1 saturated heterocycles. The molecule has 0 aromatic heterocycles. The van der Waals surface area contributed by atoms with Crippen molar-refractivity contribution in [2.45, 2.75) is 38.8 Å². The van der Waals surface area contributed by atoms with Crippen LogP contribution in [-0.4, -0.2) is 49.2 Å². The number of ether oxygens (including phenoxy) is 2. The van der Waals surface area contributed by atoms with Crippen LogP contribution in [0.25, 0.3) is 0 Å².